The molecule has 2 heterocycles. The molecule has 2 saturated heterocycles. The summed E-state index contributed by atoms with van der Waals surface area (Å²) in [6.45, 7) is 16.3. The molecule has 0 unspecified atom stereocenters. The maximum absolute atomic E-state index is 4.30. The predicted octanol–water partition coefficient (Wildman–Crippen LogP) is 2.65. The molecule has 0 aromatic heterocycles. The Kier molecular flexibility index (Phi) is 5.91. The Morgan fingerprint density at radius 2 is 1.65 bits per heavy atom. The van der Waals surface area contributed by atoms with Crippen molar-refractivity contribution in [1.82, 2.24) is 14.7 Å². The number of piperidine rings is 1. The summed E-state index contributed by atoms with van der Waals surface area (Å²) in [5.41, 5.74) is 1.36. The van der Waals surface area contributed by atoms with Crippen molar-refractivity contribution in [3.63, 3.8) is 0 Å². The lowest BCUT2D eigenvalue weighted by molar-refractivity contribution is 0.0753. The highest BCUT2D eigenvalue weighted by molar-refractivity contribution is 4.97. The first-order valence-electron chi connectivity index (χ1n) is 8.41. The van der Waals surface area contributed by atoms with Crippen molar-refractivity contribution in [2.24, 2.45) is 5.92 Å². The van der Waals surface area contributed by atoms with Gasteiger partial charge in [0.15, 0.2) is 0 Å². The second kappa shape index (κ2) is 7.46. The number of likely N-dealkylation sites (tertiary alicyclic amines) is 1. The molecule has 0 N–H and O–H groups in total. The summed E-state index contributed by atoms with van der Waals surface area (Å²) in [7, 11) is 2.24. The minimum atomic E-state index is 0.785. The van der Waals surface area contributed by atoms with Gasteiger partial charge in [0, 0.05) is 37.9 Å². The van der Waals surface area contributed by atoms with Crippen LogP contribution in [0.4, 0.5) is 0 Å². The molecule has 2 rings (SSSR count). The molecular formula is C17H33N3. The third kappa shape index (κ3) is 4.49. The van der Waals surface area contributed by atoms with Gasteiger partial charge in [-0.3, -0.25) is 4.90 Å². The molecular weight excluding hydrogens is 246 g/mol. The highest BCUT2D eigenvalue weighted by Gasteiger charge is 2.26. The Hall–Kier alpha value is -0.540. The van der Waals surface area contributed by atoms with E-state index in [1.807, 2.05) is 0 Å². The van der Waals surface area contributed by atoms with Gasteiger partial charge in [0.25, 0.3) is 0 Å². The van der Waals surface area contributed by atoms with Gasteiger partial charge in [0.1, 0.15) is 0 Å². The number of rotatable bonds is 5. The molecule has 0 aromatic rings. The molecule has 0 saturated carbocycles. The van der Waals surface area contributed by atoms with Gasteiger partial charge in [0.05, 0.1) is 0 Å². The molecule has 2 aliphatic rings. The van der Waals surface area contributed by atoms with E-state index in [0.29, 0.717) is 0 Å². The highest BCUT2D eigenvalue weighted by Crippen LogP contribution is 2.20. The van der Waals surface area contributed by atoms with E-state index in [1.54, 1.807) is 0 Å². The Morgan fingerprint density at radius 3 is 2.20 bits per heavy atom. The third-order valence-electron chi connectivity index (χ3n) is 4.98. The number of piperazine rings is 1. The van der Waals surface area contributed by atoms with Crippen molar-refractivity contribution in [2.75, 3.05) is 46.3 Å². The molecule has 20 heavy (non-hydrogen) atoms. The minimum Gasteiger partial charge on any atom is -0.373 e. The first-order chi connectivity index (χ1) is 9.56. The average Bonchev–Trinajstić information content (AvgIpc) is 2.46. The van der Waals surface area contributed by atoms with Crippen LogP contribution in [-0.2, 0) is 0 Å². The predicted molar refractivity (Wildman–Crippen MR) is 86.9 cm³/mol. The molecule has 2 fully saturated rings. The quantitative estimate of drug-likeness (QED) is 0.766. The Balaban J connectivity index is 1.70. The summed E-state index contributed by atoms with van der Waals surface area (Å²) < 4.78 is 0. The first kappa shape index (κ1) is 15.8. The van der Waals surface area contributed by atoms with Crippen molar-refractivity contribution in [3.8, 4) is 0 Å². The number of hydrogen-bond acceptors (Lipinski definition) is 3. The average molecular weight is 279 g/mol. The summed E-state index contributed by atoms with van der Waals surface area (Å²) in [4.78, 5) is 7.70. The van der Waals surface area contributed by atoms with E-state index in [-0.39, 0.29) is 0 Å². The van der Waals surface area contributed by atoms with Gasteiger partial charge in [-0.2, -0.15) is 0 Å². The van der Waals surface area contributed by atoms with E-state index in [1.165, 1.54) is 70.6 Å². The van der Waals surface area contributed by atoms with Crippen molar-refractivity contribution in [3.05, 3.63) is 12.3 Å². The fraction of sp³-hybridized carbons (Fsp3) is 0.882. The van der Waals surface area contributed by atoms with E-state index in [9.17, 15) is 0 Å². The first-order valence-corrected chi connectivity index (χ1v) is 8.41. The van der Waals surface area contributed by atoms with Crippen LogP contribution >= 0.6 is 0 Å². The summed E-state index contributed by atoms with van der Waals surface area (Å²) >= 11 is 0. The van der Waals surface area contributed by atoms with Crippen molar-refractivity contribution in [1.29, 1.82) is 0 Å². The van der Waals surface area contributed by atoms with E-state index >= 15 is 0 Å². The minimum absolute atomic E-state index is 0.785. The Morgan fingerprint density at radius 1 is 1.05 bits per heavy atom. The number of nitrogens with zero attached hydrogens (tertiary/aromatic N) is 3. The summed E-state index contributed by atoms with van der Waals surface area (Å²) in [6.07, 6.45) is 5.15. The molecule has 3 heteroatoms. The summed E-state index contributed by atoms with van der Waals surface area (Å²) in [5, 5.41) is 0. The van der Waals surface area contributed by atoms with Gasteiger partial charge in [-0.15, -0.1) is 0 Å². The van der Waals surface area contributed by atoms with E-state index in [2.05, 4.69) is 42.2 Å². The summed E-state index contributed by atoms with van der Waals surface area (Å²) in [6, 6.07) is 0.831. The van der Waals surface area contributed by atoms with E-state index in [0.717, 1.165) is 12.0 Å². The summed E-state index contributed by atoms with van der Waals surface area (Å²) in [5.74, 6) is 0.785. The molecule has 0 radical (unpaired) electrons. The zero-order valence-electron chi connectivity index (χ0n) is 13.8. The number of hydrogen-bond donors (Lipinski definition) is 0. The molecule has 0 atom stereocenters. The molecule has 0 amide bonds. The standard InChI is InChI=1S/C17H33N3/c1-15(2)5-6-16(3)19-11-13-20(14-12-19)17-7-9-18(4)10-8-17/h15,17H,3,5-14H2,1-2,4H3. The van der Waals surface area contributed by atoms with Crippen LogP contribution in [0, 0.1) is 5.92 Å². The fourth-order valence-corrected chi connectivity index (χ4v) is 3.38. The Bertz CT molecular complexity index is 297. The van der Waals surface area contributed by atoms with Gasteiger partial charge in [-0.25, -0.2) is 0 Å². The largest absolute Gasteiger partial charge is 0.373 e. The van der Waals surface area contributed by atoms with Crippen LogP contribution in [-0.4, -0.2) is 67.1 Å². The molecule has 2 aliphatic heterocycles. The lowest BCUT2D eigenvalue weighted by Gasteiger charge is -2.43. The normalized spacial score (nSPS) is 23.5. The number of allylic oxidation sites excluding steroid dienone is 1. The smallest absolute Gasteiger partial charge is 0.0303 e. The molecule has 0 aromatic carbocycles. The topological polar surface area (TPSA) is 9.72 Å². The van der Waals surface area contributed by atoms with Crippen LogP contribution in [0.5, 0.6) is 0 Å². The van der Waals surface area contributed by atoms with Crippen LogP contribution < -0.4 is 0 Å². The molecule has 0 bridgehead atoms. The molecule has 0 aliphatic carbocycles. The van der Waals surface area contributed by atoms with Crippen LogP contribution in [0.25, 0.3) is 0 Å². The lowest BCUT2D eigenvalue weighted by Crippen LogP contribution is -2.52. The van der Waals surface area contributed by atoms with Crippen molar-refractivity contribution < 1.29 is 0 Å². The van der Waals surface area contributed by atoms with Gasteiger partial charge >= 0.3 is 0 Å². The molecule has 3 nitrogen and oxygen atoms in total. The molecule has 0 spiro atoms. The maximum Gasteiger partial charge on any atom is 0.0303 e. The zero-order chi connectivity index (χ0) is 14.5. The maximum atomic E-state index is 4.30. The monoisotopic (exact) mass is 279 g/mol. The van der Waals surface area contributed by atoms with Gasteiger partial charge in [-0.05, 0) is 51.7 Å². The van der Waals surface area contributed by atoms with Crippen LogP contribution in [0.15, 0.2) is 12.3 Å². The van der Waals surface area contributed by atoms with Crippen LogP contribution in [0.1, 0.15) is 39.5 Å². The van der Waals surface area contributed by atoms with Crippen LogP contribution in [0.3, 0.4) is 0 Å². The van der Waals surface area contributed by atoms with Gasteiger partial charge < -0.3 is 9.80 Å². The molecule has 116 valence electrons. The Labute approximate surface area is 125 Å². The van der Waals surface area contributed by atoms with Crippen LogP contribution in [0.2, 0.25) is 0 Å². The van der Waals surface area contributed by atoms with Crippen molar-refractivity contribution >= 4 is 0 Å². The second-order valence-corrected chi connectivity index (χ2v) is 7.06. The lowest BCUT2D eigenvalue weighted by atomic mass is 10.0. The van der Waals surface area contributed by atoms with Gasteiger partial charge in [-0.1, -0.05) is 20.4 Å². The second-order valence-electron chi connectivity index (χ2n) is 7.06. The fourth-order valence-electron chi connectivity index (χ4n) is 3.38. The SMILES string of the molecule is C=C(CCC(C)C)N1CCN(C2CCN(C)CC2)CC1. The van der Waals surface area contributed by atoms with Gasteiger partial charge in [0.2, 0.25) is 0 Å². The third-order valence-corrected chi connectivity index (χ3v) is 4.98. The van der Waals surface area contributed by atoms with E-state index in [4.69, 9.17) is 0 Å². The van der Waals surface area contributed by atoms with Crippen molar-refractivity contribution in [2.45, 2.75) is 45.6 Å². The zero-order valence-corrected chi connectivity index (χ0v) is 13.8. The highest BCUT2D eigenvalue weighted by atomic mass is 15.3. The van der Waals surface area contributed by atoms with E-state index < -0.39 is 0 Å².